The number of aliphatic imine (C=N–C) groups is 1. The molecule has 3 aromatic carbocycles. The summed E-state index contributed by atoms with van der Waals surface area (Å²) in [5.74, 6) is 0. The molecule has 4 rings (SSSR count). The fourth-order valence-corrected chi connectivity index (χ4v) is 3.01. The molecule has 23 heavy (non-hydrogen) atoms. The van der Waals surface area contributed by atoms with Gasteiger partial charge in [0.05, 0.1) is 5.71 Å². The Morgan fingerprint density at radius 3 is 2.43 bits per heavy atom. The number of benzene rings is 3. The van der Waals surface area contributed by atoms with Crippen molar-refractivity contribution in [2.45, 2.75) is 13.1 Å². The molecule has 0 saturated carbocycles. The van der Waals surface area contributed by atoms with Gasteiger partial charge in [-0.3, -0.25) is 4.99 Å². The van der Waals surface area contributed by atoms with Crippen molar-refractivity contribution >= 4 is 11.4 Å². The number of para-hydroxylation sites is 1. The molecule has 0 aromatic heterocycles. The number of hydrogen-bond acceptors (Lipinski definition) is 2. The van der Waals surface area contributed by atoms with Crippen LogP contribution in [0.4, 0.5) is 5.69 Å². The number of nitrogens with zero attached hydrogens (tertiary/aromatic N) is 1. The first-order valence-electron chi connectivity index (χ1n) is 7.87. The smallest absolute Gasteiger partial charge is 0.145 e. The summed E-state index contributed by atoms with van der Waals surface area (Å²) >= 11 is 0. The molecular formula is C21H18N2. The summed E-state index contributed by atoms with van der Waals surface area (Å²) in [6.45, 7) is 2.12. The van der Waals surface area contributed by atoms with Crippen LogP contribution in [0, 0.1) is 6.92 Å². The second-order valence-electron chi connectivity index (χ2n) is 5.85. The Kier molecular flexibility index (Phi) is 3.43. The fourth-order valence-electron chi connectivity index (χ4n) is 3.01. The van der Waals surface area contributed by atoms with Crippen LogP contribution in [-0.4, -0.2) is 5.71 Å². The van der Waals surface area contributed by atoms with E-state index in [2.05, 4.69) is 85.0 Å². The normalized spacial score (nSPS) is 16.2. The third-order valence-corrected chi connectivity index (χ3v) is 4.14. The van der Waals surface area contributed by atoms with E-state index in [4.69, 9.17) is 4.99 Å². The highest BCUT2D eigenvalue weighted by Crippen LogP contribution is 2.31. The van der Waals surface area contributed by atoms with Crippen LogP contribution in [0.15, 0.2) is 83.9 Å². The van der Waals surface area contributed by atoms with Crippen molar-refractivity contribution in [3.8, 4) is 0 Å². The van der Waals surface area contributed by atoms with Crippen LogP contribution in [0.1, 0.15) is 28.4 Å². The zero-order chi connectivity index (χ0) is 15.6. The molecular weight excluding hydrogens is 280 g/mol. The number of nitrogens with one attached hydrogen (secondary N) is 1. The Morgan fingerprint density at radius 1 is 0.826 bits per heavy atom. The van der Waals surface area contributed by atoms with Crippen molar-refractivity contribution in [2.24, 2.45) is 4.99 Å². The molecule has 2 heteroatoms. The Bertz CT molecular complexity index is 866. The van der Waals surface area contributed by atoms with E-state index in [-0.39, 0.29) is 6.17 Å². The minimum atomic E-state index is -0.0541. The molecule has 112 valence electrons. The maximum absolute atomic E-state index is 5.01. The van der Waals surface area contributed by atoms with E-state index in [1.54, 1.807) is 0 Å². The van der Waals surface area contributed by atoms with Crippen LogP contribution >= 0.6 is 0 Å². The highest BCUT2D eigenvalue weighted by molar-refractivity contribution is 6.17. The second-order valence-corrected chi connectivity index (χ2v) is 5.85. The Morgan fingerprint density at radius 2 is 1.61 bits per heavy atom. The minimum Gasteiger partial charge on any atom is -0.360 e. The van der Waals surface area contributed by atoms with E-state index < -0.39 is 0 Å². The molecule has 0 amide bonds. The largest absolute Gasteiger partial charge is 0.360 e. The van der Waals surface area contributed by atoms with Crippen LogP contribution in [0.25, 0.3) is 0 Å². The van der Waals surface area contributed by atoms with Crippen LogP contribution in [0.3, 0.4) is 0 Å². The molecule has 0 aliphatic carbocycles. The predicted molar refractivity (Wildman–Crippen MR) is 96.1 cm³/mol. The van der Waals surface area contributed by atoms with Crippen molar-refractivity contribution in [1.82, 2.24) is 0 Å². The molecule has 1 N–H and O–H groups in total. The zero-order valence-corrected chi connectivity index (χ0v) is 13.0. The lowest BCUT2D eigenvalue weighted by Gasteiger charge is -2.26. The van der Waals surface area contributed by atoms with Gasteiger partial charge in [-0.1, -0.05) is 72.3 Å². The summed E-state index contributed by atoms with van der Waals surface area (Å²) in [6.07, 6.45) is -0.0541. The van der Waals surface area contributed by atoms with Crippen molar-refractivity contribution in [1.29, 1.82) is 0 Å². The topological polar surface area (TPSA) is 24.4 Å². The summed E-state index contributed by atoms with van der Waals surface area (Å²) < 4.78 is 0. The average molecular weight is 298 g/mol. The quantitative estimate of drug-likeness (QED) is 0.710. The van der Waals surface area contributed by atoms with Gasteiger partial charge in [-0.2, -0.15) is 0 Å². The molecule has 1 aliphatic heterocycles. The van der Waals surface area contributed by atoms with E-state index >= 15 is 0 Å². The van der Waals surface area contributed by atoms with Crippen LogP contribution in [-0.2, 0) is 0 Å². The lowest BCUT2D eigenvalue weighted by Crippen LogP contribution is -2.20. The van der Waals surface area contributed by atoms with Gasteiger partial charge >= 0.3 is 0 Å². The van der Waals surface area contributed by atoms with E-state index in [9.17, 15) is 0 Å². The Labute approximate surface area is 136 Å². The van der Waals surface area contributed by atoms with Crippen molar-refractivity contribution in [2.75, 3.05) is 5.32 Å². The van der Waals surface area contributed by atoms with E-state index in [0.717, 1.165) is 17.0 Å². The number of aryl methyl sites for hydroxylation is 1. The van der Waals surface area contributed by atoms with Gasteiger partial charge in [0.25, 0.3) is 0 Å². The van der Waals surface area contributed by atoms with Gasteiger partial charge in [-0.15, -0.1) is 0 Å². The standard InChI is InChI=1S/C21H18N2/c1-15-8-7-11-17(14-15)20-18-12-5-6-13-19(18)22-21(23-20)16-9-3-2-4-10-16/h2-14,21-22H,1H3. The van der Waals surface area contributed by atoms with Gasteiger partial charge in [0.1, 0.15) is 6.17 Å². The number of hydrogen-bond donors (Lipinski definition) is 1. The molecule has 0 spiro atoms. The first-order chi connectivity index (χ1) is 11.3. The molecule has 2 nitrogen and oxygen atoms in total. The summed E-state index contributed by atoms with van der Waals surface area (Å²) in [6, 6.07) is 27.3. The molecule has 1 atom stereocenters. The van der Waals surface area contributed by atoms with Gasteiger partial charge in [-0.05, 0) is 24.6 Å². The van der Waals surface area contributed by atoms with Crippen molar-refractivity contribution < 1.29 is 0 Å². The van der Waals surface area contributed by atoms with E-state index in [1.165, 1.54) is 16.7 Å². The molecule has 0 radical (unpaired) electrons. The molecule has 0 bridgehead atoms. The third kappa shape index (κ3) is 2.64. The summed E-state index contributed by atoms with van der Waals surface area (Å²) in [5.41, 5.74) is 6.93. The maximum atomic E-state index is 5.01. The van der Waals surface area contributed by atoms with Crippen LogP contribution in [0.2, 0.25) is 0 Å². The fraction of sp³-hybridized carbons (Fsp3) is 0.0952. The minimum absolute atomic E-state index is 0.0541. The predicted octanol–water partition coefficient (Wildman–Crippen LogP) is 4.96. The van der Waals surface area contributed by atoms with Crippen molar-refractivity contribution in [3.05, 3.63) is 101 Å². The van der Waals surface area contributed by atoms with E-state index in [0.29, 0.717) is 0 Å². The average Bonchev–Trinajstić information content (AvgIpc) is 2.61. The van der Waals surface area contributed by atoms with Crippen molar-refractivity contribution in [3.63, 3.8) is 0 Å². The number of rotatable bonds is 2. The zero-order valence-electron chi connectivity index (χ0n) is 13.0. The van der Waals surface area contributed by atoms with E-state index in [1.807, 2.05) is 6.07 Å². The number of anilines is 1. The maximum Gasteiger partial charge on any atom is 0.145 e. The lowest BCUT2D eigenvalue weighted by atomic mass is 9.96. The molecule has 1 heterocycles. The molecule has 0 saturated heterocycles. The third-order valence-electron chi connectivity index (χ3n) is 4.14. The van der Waals surface area contributed by atoms with Gasteiger partial charge in [-0.25, -0.2) is 0 Å². The first-order valence-corrected chi connectivity index (χ1v) is 7.87. The van der Waals surface area contributed by atoms with Gasteiger partial charge in [0.2, 0.25) is 0 Å². The lowest BCUT2D eigenvalue weighted by molar-refractivity contribution is 0.828. The summed E-state index contributed by atoms with van der Waals surface area (Å²) in [4.78, 5) is 5.01. The Balaban J connectivity index is 1.87. The number of fused-ring (bicyclic) bond motifs is 1. The summed E-state index contributed by atoms with van der Waals surface area (Å²) in [7, 11) is 0. The van der Waals surface area contributed by atoms with Gasteiger partial charge < -0.3 is 5.32 Å². The molecule has 1 unspecified atom stereocenters. The van der Waals surface area contributed by atoms with Gasteiger partial charge in [0, 0.05) is 16.8 Å². The van der Waals surface area contributed by atoms with Crippen LogP contribution < -0.4 is 5.32 Å². The SMILES string of the molecule is Cc1cccc(C2=NC(c3ccccc3)Nc3ccccc32)c1. The molecule has 0 fully saturated rings. The molecule has 1 aliphatic rings. The van der Waals surface area contributed by atoms with Gasteiger partial charge in [0.15, 0.2) is 0 Å². The molecule has 3 aromatic rings. The second kappa shape index (κ2) is 5.73. The highest BCUT2D eigenvalue weighted by atomic mass is 15.1. The Hall–Kier alpha value is -2.87. The first kappa shape index (κ1) is 13.8. The summed E-state index contributed by atoms with van der Waals surface area (Å²) in [5, 5.41) is 3.54. The highest BCUT2D eigenvalue weighted by Gasteiger charge is 2.21. The monoisotopic (exact) mass is 298 g/mol. The van der Waals surface area contributed by atoms with Crippen LogP contribution in [0.5, 0.6) is 0 Å².